The second-order valence-corrected chi connectivity index (χ2v) is 8.51. The van der Waals surface area contributed by atoms with Crippen LogP contribution in [0.5, 0.6) is 0 Å². The van der Waals surface area contributed by atoms with E-state index in [9.17, 15) is 9.59 Å². The van der Waals surface area contributed by atoms with Crippen molar-refractivity contribution in [3.63, 3.8) is 0 Å². The van der Waals surface area contributed by atoms with Crippen molar-refractivity contribution in [1.82, 2.24) is 9.80 Å². The number of carbonyl (C=O) groups is 2. The number of hydrogen-bond acceptors (Lipinski definition) is 4. The summed E-state index contributed by atoms with van der Waals surface area (Å²) < 4.78 is 5.16. The van der Waals surface area contributed by atoms with Crippen LogP contribution in [0.1, 0.15) is 20.8 Å². The zero-order valence-electron chi connectivity index (χ0n) is 17.4. The minimum absolute atomic E-state index is 0.0348. The quantitative estimate of drug-likeness (QED) is 0.443. The minimum atomic E-state index is -0.247. The topological polar surface area (TPSA) is 49.9 Å². The second kappa shape index (κ2) is 11.6. The summed E-state index contributed by atoms with van der Waals surface area (Å²) in [6, 6.07) is 20.6. The average molecular weight is 457 g/mol. The molecule has 1 heterocycles. The first-order valence-electron chi connectivity index (χ1n) is 9.94. The summed E-state index contributed by atoms with van der Waals surface area (Å²) in [5.74, 6) is -0.368. The molecule has 31 heavy (non-hydrogen) atoms. The summed E-state index contributed by atoms with van der Waals surface area (Å²) in [6.45, 7) is 1.58. The standard InChI is InChI=1S/C24H25ClN2O3S/c1-30-13-12-26(24(29)20-9-5-10-21(25)15-20)18-23(28)27(17-22-11-6-14-31-22)16-19-7-3-2-4-8-19/h2-11,14-15H,12-13,16-18H2,1H3. The maximum atomic E-state index is 13.3. The molecule has 0 aliphatic rings. The van der Waals surface area contributed by atoms with Gasteiger partial charge in [0.2, 0.25) is 5.91 Å². The van der Waals surface area contributed by atoms with E-state index >= 15 is 0 Å². The summed E-state index contributed by atoms with van der Waals surface area (Å²) in [7, 11) is 1.57. The van der Waals surface area contributed by atoms with Gasteiger partial charge in [0.15, 0.2) is 0 Å². The molecule has 2 aromatic carbocycles. The first-order valence-corrected chi connectivity index (χ1v) is 11.2. The van der Waals surface area contributed by atoms with Gasteiger partial charge in [-0.15, -0.1) is 11.3 Å². The highest BCUT2D eigenvalue weighted by Gasteiger charge is 2.23. The third-order valence-corrected chi connectivity index (χ3v) is 5.84. The molecule has 2 amide bonds. The molecule has 0 aliphatic heterocycles. The van der Waals surface area contributed by atoms with Crippen LogP contribution in [0.4, 0.5) is 0 Å². The van der Waals surface area contributed by atoms with Crippen molar-refractivity contribution in [3.8, 4) is 0 Å². The molecule has 0 spiro atoms. The van der Waals surface area contributed by atoms with Gasteiger partial charge in [-0.3, -0.25) is 9.59 Å². The summed E-state index contributed by atoms with van der Waals surface area (Å²) in [5.41, 5.74) is 1.49. The zero-order chi connectivity index (χ0) is 22.1. The first kappa shape index (κ1) is 23.0. The smallest absolute Gasteiger partial charge is 0.254 e. The fraction of sp³-hybridized carbons (Fsp3) is 0.250. The molecular formula is C24H25ClN2O3S. The van der Waals surface area contributed by atoms with E-state index in [2.05, 4.69) is 0 Å². The monoisotopic (exact) mass is 456 g/mol. The highest BCUT2D eigenvalue weighted by Crippen LogP contribution is 2.17. The normalized spacial score (nSPS) is 10.6. The van der Waals surface area contributed by atoms with E-state index in [4.69, 9.17) is 16.3 Å². The SMILES string of the molecule is COCCN(CC(=O)N(Cc1ccccc1)Cc1cccs1)C(=O)c1cccc(Cl)c1. The Kier molecular flexibility index (Phi) is 8.64. The lowest BCUT2D eigenvalue weighted by atomic mass is 10.2. The number of carbonyl (C=O) groups excluding carboxylic acids is 2. The molecule has 0 saturated heterocycles. The molecule has 1 aromatic heterocycles. The van der Waals surface area contributed by atoms with Crippen LogP contribution in [0.2, 0.25) is 5.02 Å². The number of ether oxygens (including phenoxy) is 1. The molecular weight excluding hydrogens is 432 g/mol. The van der Waals surface area contributed by atoms with Crippen molar-refractivity contribution < 1.29 is 14.3 Å². The van der Waals surface area contributed by atoms with E-state index in [-0.39, 0.29) is 18.4 Å². The first-order chi connectivity index (χ1) is 15.1. The third-order valence-electron chi connectivity index (χ3n) is 4.75. The maximum absolute atomic E-state index is 13.3. The van der Waals surface area contributed by atoms with E-state index in [0.29, 0.717) is 36.8 Å². The largest absolute Gasteiger partial charge is 0.383 e. The van der Waals surface area contributed by atoms with Crippen LogP contribution in [-0.4, -0.2) is 48.4 Å². The van der Waals surface area contributed by atoms with Crippen LogP contribution in [-0.2, 0) is 22.6 Å². The van der Waals surface area contributed by atoms with Gasteiger partial charge in [-0.1, -0.05) is 54.1 Å². The second-order valence-electron chi connectivity index (χ2n) is 7.04. The van der Waals surface area contributed by atoms with E-state index < -0.39 is 0 Å². The van der Waals surface area contributed by atoms with Gasteiger partial charge in [0.25, 0.3) is 5.91 Å². The molecule has 7 heteroatoms. The highest BCUT2D eigenvalue weighted by atomic mass is 35.5. The molecule has 0 saturated carbocycles. The number of rotatable bonds is 10. The molecule has 0 aliphatic carbocycles. The number of nitrogens with zero attached hydrogens (tertiary/aromatic N) is 2. The van der Waals surface area contributed by atoms with Crippen molar-refractivity contribution in [1.29, 1.82) is 0 Å². The maximum Gasteiger partial charge on any atom is 0.254 e. The van der Waals surface area contributed by atoms with E-state index in [0.717, 1.165) is 10.4 Å². The fourth-order valence-corrected chi connectivity index (χ4v) is 4.06. The number of hydrogen-bond donors (Lipinski definition) is 0. The van der Waals surface area contributed by atoms with Crippen molar-refractivity contribution in [2.75, 3.05) is 26.8 Å². The molecule has 0 atom stereocenters. The van der Waals surface area contributed by atoms with Crippen LogP contribution in [0.25, 0.3) is 0 Å². The van der Waals surface area contributed by atoms with Crippen LogP contribution >= 0.6 is 22.9 Å². The Morgan fingerprint density at radius 1 is 0.968 bits per heavy atom. The molecule has 0 bridgehead atoms. The van der Waals surface area contributed by atoms with Gasteiger partial charge in [0, 0.05) is 35.7 Å². The highest BCUT2D eigenvalue weighted by molar-refractivity contribution is 7.09. The van der Waals surface area contributed by atoms with E-state index in [1.165, 1.54) is 4.90 Å². The van der Waals surface area contributed by atoms with Gasteiger partial charge in [0.05, 0.1) is 13.2 Å². The summed E-state index contributed by atoms with van der Waals surface area (Å²) in [4.78, 5) is 30.8. The molecule has 3 rings (SSSR count). The lowest BCUT2D eigenvalue weighted by Crippen LogP contribution is -2.43. The van der Waals surface area contributed by atoms with Crippen molar-refractivity contribution in [2.45, 2.75) is 13.1 Å². The van der Waals surface area contributed by atoms with Crippen LogP contribution in [0, 0.1) is 0 Å². The number of thiophene rings is 1. The van der Waals surface area contributed by atoms with Crippen molar-refractivity contribution in [2.24, 2.45) is 0 Å². The van der Waals surface area contributed by atoms with Crippen molar-refractivity contribution >= 4 is 34.8 Å². The number of amides is 2. The lowest BCUT2D eigenvalue weighted by Gasteiger charge is -2.27. The third kappa shape index (κ3) is 6.92. The Morgan fingerprint density at radius 3 is 2.45 bits per heavy atom. The lowest BCUT2D eigenvalue weighted by molar-refractivity contribution is -0.133. The van der Waals surface area contributed by atoms with Crippen LogP contribution in [0.3, 0.4) is 0 Å². The van der Waals surface area contributed by atoms with Gasteiger partial charge in [0.1, 0.15) is 6.54 Å². The van der Waals surface area contributed by atoms with Gasteiger partial charge in [-0.25, -0.2) is 0 Å². The minimum Gasteiger partial charge on any atom is -0.383 e. The predicted molar refractivity (Wildman–Crippen MR) is 124 cm³/mol. The Hall–Kier alpha value is -2.67. The molecule has 3 aromatic rings. The average Bonchev–Trinajstić information content (AvgIpc) is 3.29. The summed E-state index contributed by atoms with van der Waals surface area (Å²) in [5, 5.41) is 2.47. The van der Waals surface area contributed by atoms with E-state index in [1.54, 1.807) is 47.6 Å². The molecule has 0 fully saturated rings. The van der Waals surface area contributed by atoms with Crippen molar-refractivity contribution in [3.05, 3.63) is 93.1 Å². The Bertz CT molecular complexity index is 980. The molecule has 0 N–H and O–H groups in total. The molecule has 0 unspecified atom stereocenters. The molecule has 162 valence electrons. The summed E-state index contributed by atoms with van der Waals surface area (Å²) in [6.07, 6.45) is 0. The zero-order valence-corrected chi connectivity index (χ0v) is 18.9. The number of halogens is 1. The van der Waals surface area contributed by atoms with Crippen LogP contribution < -0.4 is 0 Å². The molecule has 0 radical (unpaired) electrons. The van der Waals surface area contributed by atoms with Gasteiger partial charge in [-0.2, -0.15) is 0 Å². The Balaban J connectivity index is 1.78. The van der Waals surface area contributed by atoms with Crippen LogP contribution in [0.15, 0.2) is 72.1 Å². The van der Waals surface area contributed by atoms with Gasteiger partial charge >= 0.3 is 0 Å². The predicted octanol–water partition coefficient (Wildman–Crippen LogP) is 4.72. The Labute approximate surface area is 191 Å². The van der Waals surface area contributed by atoms with E-state index in [1.807, 2.05) is 47.8 Å². The fourth-order valence-electron chi connectivity index (χ4n) is 3.15. The number of methoxy groups -OCH3 is 1. The number of benzene rings is 2. The Morgan fingerprint density at radius 2 is 1.77 bits per heavy atom. The summed E-state index contributed by atoms with van der Waals surface area (Å²) >= 11 is 7.66. The van der Waals surface area contributed by atoms with Gasteiger partial charge < -0.3 is 14.5 Å². The van der Waals surface area contributed by atoms with Gasteiger partial charge in [-0.05, 0) is 35.2 Å². The molecule has 5 nitrogen and oxygen atoms in total.